The monoisotopic (exact) mass is 864 g/mol. The summed E-state index contributed by atoms with van der Waals surface area (Å²) in [5, 5.41) is 1.78. The molecule has 50 heavy (non-hydrogen) atoms. The van der Waals surface area contributed by atoms with E-state index in [0.29, 0.717) is 22.4 Å². The Kier molecular flexibility index (Phi) is 16.3. The van der Waals surface area contributed by atoms with Gasteiger partial charge in [0.15, 0.2) is 20.1 Å². The summed E-state index contributed by atoms with van der Waals surface area (Å²) >= 11 is -0.863. The van der Waals surface area contributed by atoms with Crippen LogP contribution in [0.25, 0.3) is 20.2 Å². The van der Waals surface area contributed by atoms with Crippen molar-refractivity contribution in [3.8, 4) is 5.75 Å². The second-order valence-corrected chi connectivity index (χ2v) is 19.0. The second kappa shape index (κ2) is 19.4. The van der Waals surface area contributed by atoms with E-state index < -0.39 is 20.3 Å². The van der Waals surface area contributed by atoms with Gasteiger partial charge in [0.05, 0.1) is 32.6 Å². The van der Waals surface area contributed by atoms with E-state index >= 15 is 0 Å². The molecule has 0 N–H and O–H groups in total. The van der Waals surface area contributed by atoms with Crippen molar-refractivity contribution in [2.45, 2.75) is 92.7 Å². The van der Waals surface area contributed by atoms with Crippen molar-refractivity contribution in [3.05, 3.63) is 106 Å². The molecule has 0 aliphatic heterocycles. The average Bonchev–Trinajstić information content (AvgIpc) is 3.04. The van der Waals surface area contributed by atoms with Gasteiger partial charge in [0.2, 0.25) is 0 Å². The zero-order valence-electron chi connectivity index (χ0n) is 28.1. The first-order valence-electron chi connectivity index (χ1n) is 16.6. The van der Waals surface area contributed by atoms with Crippen molar-refractivity contribution in [1.82, 2.24) is 0 Å². The zero-order valence-corrected chi connectivity index (χ0v) is 33.0. The van der Waals surface area contributed by atoms with Crippen LogP contribution in [0.4, 0.5) is 14.1 Å². The van der Waals surface area contributed by atoms with Crippen molar-refractivity contribution in [2.75, 3.05) is 6.61 Å². The molecule has 0 fully saturated rings. The van der Waals surface area contributed by atoms with Gasteiger partial charge in [-0.05, 0) is 61.4 Å². The molecule has 0 spiro atoms. The maximum absolute atomic E-state index is 13.8. The number of hydrogen-bond donors (Lipinski definition) is 0. The maximum atomic E-state index is 13.8. The molecule has 1 aromatic heterocycles. The molecule has 0 bridgehead atoms. The fraction of sp³-hybridized carbons (Fsp3) is 0.342. The standard InChI is InChI=1S/C38H42ClO2S2.6FH.Sb/c1-3-4-5-6-7-8-9-10-11-18-25-41-37-28(2)26-33(39)35-36(40)32-24-23-31(27-34(32)42-38(35)37)43(29-19-14-12-15-20-29)30-21-16-13-17-22-30;;;;;;;/h12-17,19-24,26-27H,3-11,18,25H2,1-2H3;6*1H;/q+1;;;;;;;+5/p-6. The summed E-state index contributed by atoms with van der Waals surface area (Å²) in [6.07, 6.45) is 12.9. The summed E-state index contributed by atoms with van der Waals surface area (Å²) in [6, 6.07) is 29.4. The summed E-state index contributed by atoms with van der Waals surface area (Å²) < 4.78 is 57.8. The molecule has 4 aromatic carbocycles. The minimum atomic E-state index is -9.19. The van der Waals surface area contributed by atoms with Gasteiger partial charge in [-0.2, -0.15) is 0 Å². The van der Waals surface area contributed by atoms with Crippen molar-refractivity contribution in [2.24, 2.45) is 0 Å². The third-order valence-electron chi connectivity index (χ3n) is 7.95. The average molecular weight is 866 g/mol. The quantitative estimate of drug-likeness (QED) is 0.0345. The Balaban J connectivity index is 0.000000888. The minimum absolute atomic E-state index is 0. The Hall–Kier alpha value is -2.39. The van der Waals surface area contributed by atoms with Gasteiger partial charge in [0.1, 0.15) is 5.75 Å². The third-order valence-corrected chi connectivity index (χ3v) is 11.6. The first-order chi connectivity index (χ1) is 23.3. The number of aryl methyl sites for hydroxylation is 1. The summed E-state index contributed by atoms with van der Waals surface area (Å²) in [7, 11) is -0.290. The SMILES string of the molecule is CCCCCCCCCCCCOc1c(C)cc(Cl)c2c(=O)c3ccc([S+](c4ccccc4)c4ccccc4)cc3sc12.[F-].[F][Sb]([F])([F])([F])[F]. The molecule has 5 aromatic rings. The molecule has 0 saturated heterocycles. The second-order valence-electron chi connectivity index (χ2n) is 11.9. The number of benzene rings is 4. The van der Waals surface area contributed by atoms with Crippen LogP contribution in [0.1, 0.15) is 76.7 Å². The van der Waals surface area contributed by atoms with Crippen LogP contribution in [0.5, 0.6) is 5.75 Å². The number of ether oxygens (including phenoxy) is 1. The van der Waals surface area contributed by atoms with E-state index in [2.05, 4.69) is 79.7 Å². The summed E-state index contributed by atoms with van der Waals surface area (Å²) in [5.41, 5.74) is 0.951. The Morgan fingerprint density at radius 1 is 0.720 bits per heavy atom. The fourth-order valence-electron chi connectivity index (χ4n) is 5.65. The van der Waals surface area contributed by atoms with Crippen LogP contribution in [-0.4, -0.2) is 26.9 Å². The molecule has 0 radical (unpaired) electrons. The van der Waals surface area contributed by atoms with E-state index in [0.717, 1.165) is 27.1 Å². The predicted octanol–water partition coefficient (Wildman–Crippen LogP) is 10.5. The van der Waals surface area contributed by atoms with Crippen molar-refractivity contribution in [3.63, 3.8) is 0 Å². The molecule has 0 amide bonds. The number of hydrogen-bond acceptors (Lipinski definition) is 3. The fourth-order valence-corrected chi connectivity index (χ4v) is 9.53. The summed E-state index contributed by atoms with van der Waals surface area (Å²) in [6.45, 7) is 4.95. The van der Waals surface area contributed by atoms with E-state index in [1.807, 2.05) is 19.1 Å². The molecule has 5 rings (SSSR count). The molecule has 272 valence electrons. The number of fused-ring (bicyclic) bond motifs is 2. The molecule has 1 heterocycles. The molecule has 0 atom stereocenters. The molecular weight excluding hydrogens is 824 g/mol. The molecule has 0 aliphatic carbocycles. The van der Waals surface area contributed by atoms with Crippen LogP contribution < -0.4 is 14.9 Å². The van der Waals surface area contributed by atoms with Crippen LogP contribution in [-0.2, 0) is 10.9 Å². The van der Waals surface area contributed by atoms with Gasteiger partial charge in [-0.1, -0.05) is 113 Å². The van der Waals surface area contributed by atoms with Crippen molar-refractivity contribution < 1.29 is 23.5 Å². The number of halogens is 7. The first kappa shape index (κ1) is 42.0. The van der Waals surface area contributed by atoms with Gasteiger partial charge in [-0.3, -0.25) is 4.79 Å². The van der Waals surface area contributed by atoms with Crippen molar-refractivity contribution >= 4 is 74.3 Å². The van der Waals surface area contributed by atoms with Crippen LogP contribution in [0.15, 0.2) is 104 Å². The summed E-state index contributed by atoms with van der Waals surface area (Å²) in [4.78, 5) is 17.5. The Labute approximate surface area is 306 Å². The van der Waals surface area contributed by atoms with Gasteiger partial charge in [-0.25, -0.2) is 0 Å². The zero-order chi connectivity index (χ0) is 35.5. The van der Waals surface area contributed by atoms with Gasteiger partial charge in [0.25, 0.3) is 0 Å². The van der Waals surface area contributed by atoms with Gasteiger partial charge in [0, 0.05) is 16.2 Å². The van der Waals surface area contributed by atoms with Gasteiger partial charge >= 0.3 is 34.4 Å². The number of rotatable bonds is 15. The van der Waals surface area contributed by atoms with E-state index in [1.54, 1.807) is 11.3 Å². The van der Waals surface area contributed by atoms with Gasteiger partial charge < -0.3 is 9.44 Å². The Bertz CT molecular complexity index is 1810. The Morgan fingerprint density at radius 3 is 1.74 bits per heavy atom. The Morgan fingerprint density at radius 2 is 1.22 bits per heavy atom. The van der Waals surface area contributed by atoms with E-state index in [9.17, 15) is 18.9 Å². The van der Waals surface area contributed by atoms with Crippen LogP contribution in [0, 0.1) is 6.92 Å². The van der Waals surface area contributed by atoms with Crippen LogP contribution >= 0.6 is 22.9 Å². The predicted molar refractivity (Wildman–Crippen MR) is 199 cm³/mol. The number of unbranched alkanes of at least 4 members (excludes halogenated alkanes) is 9. The first-order valence-corrected chi connectivity index (χ1v) is 23.8. The van der Waals surface area contributed by atoms with Crippen molar-refractivity contribution in [1.29, 1.82) is 0 Å². The molecule has 0 unspecified atom stereocenters. The van der Waals surface area contributed by atoms with E-state index in [-0.39, 0.29) is 21.0 Å². The molecule has 0 aliphatic rings. The third kappa shape index (κ3) is 13.0. The van der Waals surface area contributed by atoms with Gasteiger partial charge in [-0.15, -0.1) is 11.3 Å². The van der Waals surface area contributed by atoms with Crippen LogP contribution in [0.3, 0.4) is 0 Å². The van der Waals surface area contributed by atoms with E-state index in [4.69, 9.17) is 16.3 Å². The molecule has 12 heteroatoms. The molecular formula is C38H42ClF6O2S2Sb. The topological polar surface area (TPSA) is 26.3 Å². The van der Waals surface area contributed by atoms with Crippen LogP contribution in [0.2, 0.25) is 5.02 Å². The molecule has 0 saturated carbocycles. The normalized spacial score (nSPS) is 12.2. The van der Waals surface area contributed by atoms with E-state index in [1.165, 1.54) is 72.5 Å². The molecule has 2 nitrogen and oxygen atoms in total. The summed E-state index contributed by atoms with van der Waals surface area (Å²) in [5.74, 6) is 0.801.